The van der Waals surface area contributed by atoms with Gasteiger partial charge in [0.25, 0.3) is 11.3 Å². The molecule has 1 heterocycles. The molecule has 13 heteroatoms. The van der Waals surface area contributed by atoms with E-state index >= 15 is 0 Å². The molecule has 0 saturated heterocycles. The third-order valence-corrected chi connectivity index (χ3v) is 6.18. The smallest absolute Gasteiger partial charge is 0.433 e. The number of halogens is 5. The van der Waals surface area contributed by atoms with Gasteiger partial charge in [0.05, 0.1) is 11.6 Å². The van der Waals surface area contributed by atoms with E-state index in [1.54, 1.807) is 0 Å². The van der Waals surface area contributed by atoms with E-state index in [0.29, 0.717) is 5.56 Å². The van der Waals surface area contributed by atoms with Crippen molar-refractivity contribution >= 4 is 22.9 Å². The van der Waals surface area contributed by atoms with Crippen molar-refractivity contribution in [3.8, 4) is 5.88 Å². The molecule has 1 aromatic heterocycles. The molecule has 3 rings (SSSR count). The molecule has 2 aromatic carbocycles. The fourth-order valence-electron chi connectivity index (χ4n) is 3.53. The van der Waals surface area contributed by atoms with Gasteiger partial charge in [0, 0.05) is 12.6 Å². The van der Waals surface area contributed by atoms with E-state index in [9.17, 15) is 31.0 Å². The lowest BCUT2D eigenvalue weighted by Gasteiger charge is -2.19. The van der Waals surface area contributed by atoms with Gasteiger partial charge < -0.3 is 10.5 Å². The van der Waals surface area contributed by atoms with Crippen LogP contribution in [0.25, 0.3) is 0 Å². The Bertz CT molecular complexity index is 1290. The summed E-state index contributed by atoms with van der Waals surface area (Å²) in [5.41, 5.74) is 5.06. The number of ether oxygens (including phenoxy) is 1. The normalized spacial score (nSPS) is 13.2. The van der Waals surface area contributed by atoms with Crippen molar-refractivity contribution in [2.75, 3.05) is 11.4 Å². The second-order valence-electron chi connectivity index (χ2n) is 8.01. The molecule has 0 aliphatic carbocycles. The SMILES string of the molecule is CN(c1ccc(C(CCc2ccc(C(F)(F)F)nc2OCc2ccc(F)cc2)C(N)=O)cc1F)S(=O)O. The van der Waals surface area contributed by atoms with E-state index in [2.05, 4.69) is 4.98 Å². The van der Waals surface area contributed by atoms with Gasteiger partial charge in [0.2, 0.25) is 11.8 Å². The fraction of sp³-hybridized carbons (Fsp3) is 0.250. The number of nitrogens with two attached hydrogens (primary N) is 1. The first-order valence-corrected chi connectivity index (χ1v) is 11.8. The number of aromatic nitrogens is 1. The highest BCUT2D eigenvalue weighted by atomic mass is 32.2. The summed E-state index contributed by atoms with van der Waals surface area (Å²) >= 11 is -2.47. The summed E-state index contributed by atoms with van der Waals surface area (Å²) in [5.74, 6) is -3.51. The number of hydrogen-bond acceptors (Lipinski definition) is 4. The lowest BCUT2D eigenvalue weighted by Crippen LogP contribution is -2.23. The van der Waals surface area contributed by atoms with Crippen LogP contribution in [0.2, 0.25) is 0 Å². The zero-order valence-corrected chi connectivity index (χ0v) is 20.2. The molecule has 0 saturated carbocycles. The topological polar surface area (TPSA) is 106 Å². The molecule has 37 heavy (non-hydrogen) atoms. The molecule has 3 N–H and O–H groups in total. The number of carbonyl (C=O) groups excluding carboxylic acids is 1. The van der Waals surface area contributed by atoms with E-state index < -0.39 is 46.6 Å². The van der Waals surface area contributed by atoms with Gasteiger partial charge in [-0.05, 0) is 54.3 Å². The Kier molecular flexibility index (Phi) is 8.81. The number of alkyl halides is 3. The lowest BCUT2D eigenvalue weighted by atomic mass is 9.91. The van der Waals surface area contributed by atoms with Crippen molar-refractivity contribution in [2.45, 2.75) is 31.5 Å². The average molecular weight is 544 g/mol. The molecule has 2 unspecified atom stereocenters. The van der Waals surface area contributed by atoms with E-state index in [1.165, 1.54) is 49.5 Å². The average Bonchev–Trinajstić information content (AvgIpc) is 2.83. The third-order valence-electron chi connectivity index (χ3n) is 5.51. The van der Waals surface area contributed by atoms with Crippen LogP contribution >= 0.6 is 0 Å². The number of anilines is 1. The standard InChI is InChI=1S/C24H22F5N3O4S/c1-32(37(34)35)20-10-5-16(12-19(20)26)18(22(30)33)9-4-15-6-11-21(24(27,28)29)31-23(15)36-13-14-2-7-17(25)8-3-14/h2-3,5-8,10-12,18H,4,9,13H2,1H3,(H2,30,33)(H,34,35). The number of primary amides is 1. The predicted octanol–water partition coefficient (Wildman–Crippen LogP) is 4.73. The summed E-state index contributed by atoms with van der Waals surface area (Å²) in [6, 6.07) is 10.7. The van der Waals surface area contributed by atoms with Gasteiger partial charge in [-0.3, -0.25) is 13.7 Å². The van der Waals surface area contributed by atoms with E-state index in [1.807, 2.05) is 0 Å². The van der Waals surface area contributed by atoms with Crippen molar-refractivity contribution < 1.29 is 40.2 Å². The first-order chi connectivity index (χ1) is 17.4. The second kappa shape index (κ2) is 11.6. The number of hydrogen-bond donors (Lipinski definition) is 2. The molecule has 3 aromatic rings. The molecule has 1 amide bonds. The Labute approximate surface area is 211 Å². The Morgan fingerprint density at radius 3 is 2.38 bits per heavy atom. The molecule has 0 bridgehead atoms. The highest BCUT2D eigenvalue weighted by Crippen LogP contribution is 2.33. The van der Waals surface area contributed by atoms with Crippen LogP contribution in [-0.4, -0.2) is 26.7 Å². The van der Waals surface area contributed by atoms with Gasteiger partial charge in [0.15, 0.2) is 0 Å². The van der Waals surface area contributed by atoms with Crippen molar-refractivity contribution in [3.05, 3.63) is 88.6 Å². The summed E-state index contributed by atoms with van der Waals surface area (Å²) in [6.45, 7) is -0.187. The number of pyridine rings is 1. The van der Waals surface area contributed by atoms with Crippen LogP contribution in [0.1, 0.15) is 34.7 Å². The van der Waals surface area contributed by atoms with Gasteiger partial charge in [-0.25, -0.2) is 18.0 Å². The molecule has 2 atom stereocenters. The van der Waals surface area contributed by atoms with Crippen LogP contribution in [0, 0.1) is 11.6 Å². The number of rotatable bonds is 10. The molecular weight excluding hydrogens is 521 g/mol. The Morgan fingerprint density at radius 1 is 1.14 bits per heavy atom. The van der Waals surface area contributed by atoms with Gasteiger partial charge in [-0.2, -0.15) is 13.2 Å². The molecule has 0 aliphatic rings. The van der Waals surface area contributed by atoms with E-state index in [0.717, 1.165) is 16.4 Å². The van der Waals surface area contributed by atoms with Crippen molar-refractivity contribution in [1.29, 1.82) is 0 Å². The first kappa shape index (κ1) is 28.0. The number of carbonyl (C=O) groups is 1. The minimum absolute atomic E-state index is 0.00141. The highest BCUT2D eigenvalue weighted by Gasteiger charge is 2.33. The zero-order chi connectivity index (χ0) is 27.3. The maximum absolute atomic E-state index is 14.6. The fourth-order valence-corrected chi connectivity index (χ4v) is 3.84. The summed E-state index contributed by atoms with van der Waals surface area (Å²) < 4.78 is 94.0. The summed E-state index contributed by atoms with van der Waals surface area (Å²) in [5, 5.41) is 0. The molecule has 0 fully saturated rings. The zero-order valence-electron chi connectivity index (χ0n) is 19.3. The molecule has 7 nitrogen and oxygen atoms in total. The van der Waals surface area contributed by atoms with Gasteiger partial charge in [0.1, 0.15) is 23.9 Å². The Hall–Kier alpha value is -3.58. The monoisotopic (exact) mass is 543 g/mol. The predicted molar refractivity (Wildman–Crippen MR) is 126 cm³/mol. The number of benzene rings is 2. The Balaban J connectivity index is 1.85. The molecule has 0 aliphatic heterocycles. The third kappa shape index (κ3) is 7.23. The van der Waals surface area contributed by atoms with Crippen LogP contribution in [0.4, 0.5) is 27.6 Å². The number of amides is 1. The molecule has 198 valence electrons. The largest absolute Gasteiger partial charge is 0.473 e. The minimum Gasteiger partial charge on any atom is -0.473 e. The first-order valence-electron chi connectivity index (χ1n) is 10.7. The van der Waals surface area contributed by atoms with E-state index in [-0.39, 0.29) is 42.1 Å². The maximum Gasteiger partial charge on any atom is 0.433 e. The highest BCUT2D eigenvalue weighted by molar-refractivity contribution is 7.80. The minimum atomic E-state index is -4.73. The molecule has 0 spiro atoms. The lowest BCUT2D eigenvalue weighted by molar-refractivity contribution is -0.141. The summed E-state index contributed by atoms with van der Waals surface area (Å²) in [6.07, 6.45) is -4.75. The van der Waals surface area contributed by atoms with Crippen molar-refractivity contribution in [1.82, 2.24) is 4.98 Å². The van der Waals surface area contributed by atoms with Crippen molar-refractivity contribution in [3.63, 3.8) is 0 Å². The van der Waals surface area contributed by atoms with Gasteiger partial charge in [-0.1, -0.05) is 24.3 Å². The maximum atomic E-state index is 14.6. The summed E-state index contributed by atoms with van der Waals surface area (Å²) in [4.78, 5) is 15.7. The van der Waals surface area contributed by atoms with Crippen molar-refractivity contribution in [2.24, 2.45) is 5.73 Å². The van der Waals surface area contributed by atoms with E-state index in [4.69, 9.17) is 15.0 Å². The van der Waals surface area contributed by atoms with Crippen LogP contribution in [0.5, 0.6) is 5.88 Å². The molecule has 0 radical (unpaired) electrons. The van der Waals surface area contributed by atoms with Gasteiger partial charge in [-0.15, -0.1) is 0 Å². The number of nitrogens with zero attached hydrogens (tertiary/aromatic N) is 2. The van der Waals surface area contributed by atoms with Gasteiger partial charge >= 0.3 is 6.18 Å². The summed E-state index contributed by atoms with van der Waals surface area (Å²) in [7, 11) is 1.20. The van der Waals surface area contributed by atoms with Crippen LogP contribution in [0.3, 0.4) is 0 Å². The molecular formula is C24H22F5N3O4S. The Morgan fingerprint density at radius 2 is 1.81 bits per heavy atom. The van der Waals surface area contributed by atoms with Crippen LogP contribution in [-0.2, 0) is 35.3 Å². The van der Waals surface area contributed by atoms with Crippen LogP contribution < -0.4 is 14.8 Å². The van der Waals surface area contributed by atoms with Crippen LogP contribution in [0.15, 0.2) is 54.6 Å². The quantitative estimate of drug-likeness (QED) is 0.284. The second-order valence-corrected chi connectivity index (χ2v) is 9.02. The number of aryl methyl sites for hydroxylation is 1.